The van der Waals surface area contributed by atoms with E-state index in [1.54, 1.807) is 0 Å². The van der Waals surface area contributed by atoms with Crippen LogP contribution in [0.3, 0.4) is 0 Å². The molecule has 0 saturated carbocycles. The van der Waals surface area contributed by atoms with E-state index in [1.165, 1.54) is 0 Å². The highest BCUT2D eigenvalue weighted by molar-refractivity contribution is 7.84. The SMILES string of the molecule is CCn1nc(C)cc1CS(=O)CC(C)(C)N. The van der Waals surface area contributed by atoms with Crippen LogP contribution in [-0.2, 0) is 23.1 Å². The van der Waals surface area contributed by atoms with Gasteiger partial charge in [0, 0.05) is 28.6 Å². The van der Waals surface area contributed by atoms with Crippen molar-refractivity contribution < 1.29 is 4.21 Å². The van der Waals surface area contributed by atoms with Gasteiger partial charge in [0.25, 0.3) is 0 Å². The molecule has 2 N–H and O–H groups in total. The van der Waals surface area contributed by atoms with E-state index in [0.717, 1.165) is 17.9 Å². The normalized spacial score (nSPS) is 14.1. The molecule has 1 aromatic heterocycles. The van der Waals surface area contributed by atoms with Crippen LogP contribution in [0.4, 0.5) is 0 Å². The summed E-state index contributed by atoms with van der Waals surface area (Å²) in [6.07, 6.45) is 0. The third-order valence-corrected chi connectivity index (χ3v) is 3.81. The molecular weight excluding hydrogens is 222 g/mol. The highest BCUT2D eigenvalue weighted by Crippen LogP contribution is 2.09. The molecule has 0 aliphatic heterocycles. The summed E-state index contributed by atoms with van der Waals surface area (Å²) in [6, 6.07) is 1.99. The average Bonchev–Trinajstić information content (AvgIpc) is 2.42. The van der Waals surface area contributed by atoms with Crippen LogP contribution in [0.2, 0.25) is 0 Å². The van der Waals surface area contributed by atoms with Gasteiger partial charge in [0.05, 0.1) is 17.1 Å². The molecule has 0 aliphatic rings. The molecule has 0 bridgehead atoms. The molecule has 0 aromatic carbocycles. The highest BCUT2D eigenvalue weighted by Gasteiger charge is 2.17. The monoisotopic (exact) mass is 243 g/mol. The standard InChI is InChI=1S/C11H21N3OS/c1-5-14-10(6-9(2)13-14)7-16(15)8-11(3,4)12/h6H,5,7-8,12H2,1-4H3. The second kappa shape index (κ2) is 5.10. The molecule has 0 amide bonds. The zero-order valence-corrected chi connectivity index (χ0v) is 11.3. The maximum Gasteiger partial charge on any atom is 0.0656 e. The largest absolute Gasteiger partial charge is 0.325 e. The molecule has 92 valence electrons. The second-order valence-electron chi connectivity index (χ2n) is 4.81. The van der Waals surface area contributed by atoms with Gasteiger partial charge < -0.3 is 5.73 Å². The van der Waals surface area contributed by atoms with Crippen molar-refractivity contribution in [1.82, 2.24) is 9.78 Å². The third kappa shape index (κ3) is 4.06. The summed E-state index contributed by atoms with van der Waals surface area (Å²) >= 11 is 0. The van der Waals surface area contributed by atoms with Gasteiger partial charge in [-0.1, -0.05) is 0 Å². The zero-order valence-electron chi connectivity index (χ0n) is 10.5. The van der Waals surface area contributed by atoms with E-state index in [0.29, 0.717) is 11.5 Å². The van der Waals surface area contributed by atoms with Gasteiger partial charge in [-0.25, -0.2) is 0 Å². The van der Waals surface area contributed by atoms with Crippen molar-refractivity contribution in [3.05, 3.63) is 17.5 Å². The van der Waals surface area contributed by atoms with Crippen LogP contribution in [0, 0.1) is 6.92 Å². The van der Waals surface area contributed by atoms with E-state index in [9.17, 15) is 4.21 Å². The minimum atomic E-state index is -0.925. The molecular formula is C11H21N3OS. The summed E-state index contributed by atoms with van der Waals surface area (Å²) in [4.78, 5) is 0. The second-order valence-corrected chi connectivity index (χ2v) is 6.27. The van der Waals surface area contributed by atoms with Gasteiger partial charge in [-0.3, -0.25) is 8.89 Å². The average molecular weight is 243 g/mol. The van der Waals surface area contributed by atoms with Crippen LogP contribution in [-0.4, -0.2) is 25.3 Å². The predicted octanol–water partition coefficient (Wildman–Crippen LogP) is 1.20. The van der Waals surface area contributed by atoms with Gasteiger partial charge in [-0.05, 0) is 33.8 Å². The Morgan fingerprint density at radius 1 is 1.56 bits per heavy atom. The summed E-state index contributed by atoms with van der Waals surface area (Å²) in [7, 11) is -0.925. The van der Waals surface area contributed by atoms with Gasteiger partial charge in [0.2, 0.25) is 0 Å². The molecule has 1 unspecified atom stereocenters. The van der Waals surface area contributed by atoms with Crippen molar-refractivity contribution in [3.63, 3.8) is 0 Å². The van der Waals surface area contributed by atoms with Crippen LogP contribution in [0.5, 0.6) is 0 Å². The number of hydrogen-bond donors (Lipinski definition) is 1. The third-order valence-electron chi connectivity index (χ3n) is 2.13. The molecule has 5 heteroatoms. The Hall–Kier alpha value is -0.680. The number of aryl methyl sites for hydroxylation is 2. The zero-order chi connectivity index (χ0) is 12.3. The smallest absolute Gasteiger partial charge is 0.0656 e. The Kier molecular flexibility index (Phi) is 4.27. The van der Waals surface area contributed by atoms with Crippen LogP contribution in [0.15, 0.2) is 6.07 Å². The van der Waals surface area contributed by atoms with E-state index in [1.807, 2.05) is 38.4 Å². The number of nitrogens with two attached hydrogens (primary N) is 1. The Morgan fingerprint density at radius 3 is 2.69 bits per heavy atom. The fraction of sp³-hybridized carbons (Fsp3) is 0.727. The Morgan fingerprint density at radius 2 is 2.19 bits per heavy atom. The summed E-state index contributed by atoms with van der Waals surface area (Å²) in [6.45, 7) is 8.59. The first-order valence-corrected chi connectivity index (χ1v) is 6.98. The summed E-state index contributed by atoms with van der Waals surface area (Å²) in [5.74, 6) is 1.05. The van der Waals surface area contributed by atoms with Crippen molar-refractivity contribution in [2.45, 2.75) is 45.5 Å². The minimum Gasteiger partial charge on any atom is -0.325 e. The molecule has 1 rings (SSSR count). The van der Waals surface area contributed by atoms with Crippen molar-refractivity contribution >= 4 is 10.8 Å². The Balaban J connectivity index is 2.69. The van der Waals surface area contributed by atoms with Crippen molar-refractivity contribution in [3.8, 4) is 0 Å². The number of hydrogen-bond acceptors (Lipinski definition) is 3. The van der Waals surface area contributed by atoms with E-state index in [4.69, 9.17) is 5.73 Å². The molecule has 0 spiro atoms. The first-order valence-electron chi connectivity index (χ1n) is 5.49. The first kappa shape index (κ1) is 13.4. The Bertz CT molecular complexity index is 379. The van der Waals surface area contributed by atoms with Crippen LogP contribution < -0.4 is 5.73 Å². The van der Waals surface area contributed by atoms with Gasteiger partial charge in [-0.15, -0.1) is 0 Å². The highest BCUT2D eigenvalue weighted by atomic mass is 32.2. The summed E-state index contributed by atoms with van der Waals surface area (Å²) in [5, 5.41) is 4.33. The first-order chi connectivity index (χ1) is 7.31. The van der Waals surface area contributed by atoms with Gasteiger partial charge >= 0.3 is 0 Å². The summed E-state index contributed by atoms with van der Waals surface area (Å²) in [5.41, 5.74) is 7.48. The lowest BCUT2D eigenvalue weighted by molar-refractivity contribution is 0.575. The molecule has 1 heterocycles. The fourth-order valence-electron chi connectivity index (χ4n) is 1.62. The lowest BCUT2D eigenvalue weighted by Crippen LogP contribution is -2.38. The predicted molar refractivity (Wildman–Crippen MR) is 67.6 cm³/mol. The molecule has 0 fully saturated rings. The molecule has 16 heavy (non-hydrogen) atoms. The maximum absolute atomic E-state index is 11.9. The van der Waals surface area contributed by atoms with E-state index < -0.39 is 10.8 Å². The van der Waals surface area contributed by atoms with E-state index >= 15 is 0 Å². The molecule has 0 aliphatic carbocycles. The molecule has 1 aromatic rings. The van der Waals surface area contributed by atoms with E-state index in [-0.39, 0.29) is 5.54 Å². The van der Waals surface area contributed by atoms with Gasteiger partial charge in [0.1, 0.15) is 0 Å². The van der Waals surface area contributed by atoms with Crippen LogP contribution in [0.1, 0.15) is 32.2 Å². The van der Waals surface area contributed by atoms with Gasteiger partial charge in [-0.2, -0.15) is 5.10 Å². The minimum absolute atomic E-state index is 0.378. The van der Waals surface area contributed by atoms with Crippen molar-refractivity contribution in [2.24, 2.45) is 5.73 Å². The molecule has 1 atom stereocenters. The molecule has 0 radical (unpaired) electrons. The molecule has 0 saturated heterocycles. The number of rotatable bonds is 5. The Labute approximate surface area is 99.7 Å². The number of aromatic nitrogens is 2. The quantitative estimate of drug-likeness (QED) is 0.845. The fourth-order valence-corrected chi connectivity index (χ4v) is 3.11. The lowest BCUT2D eigenvalue weighted by atomic mass is 10.1. The van der Waals surface area contributed by atoms with Gasteiger partial charge in [0.15, 0.2) is 0 Å². The summed E-state index contributed by atoms with van der Waals surface area (Å²) < 4.78 is 13.8. The van der Waals surface area contributed by atoms with Crippen molar-refractivity contribution in [2.75, 3.05) is 5.75 Å². The topological polar surface area (TPSA) is 60.9 Å². The van der Waals surface area contributed by atoms with E-state index in [2.05, 4.69) is 5.10 Å². The maximum atomic E-state index is 11.9. The number of nitrogens with zero attached hydrogens (tertiary/aromatic N) is 2. The van der Waals surface area contributed by atoms with Crippen molar-refractivity contribution in [1.29, 1.82) is 0 Å². The van der Waals surface area contributed by atoms with Crippen LogP contribution in [0.25, 0.3) is 0 Å². The lowest BCUT2D eigenvalue weighted by Gasteiger charge is -2.17. The molecule has 4 nitrogen and oxygen atoms in total. The van der Waals surface area contributed by atoms with Crippen LogP contribution >= 0.6 is 0 Å².